The third-order valence-corrected chi connectivity index (χ3v) is 5.27. The van der Waals surface area contributed by atoms with Crippen LogP contribution in [0.5, 0.6) is 11.5 Å². The predicted octanol–water partition coefficient (Wildman–Crippen LogP) is 3.41. The van der Waals surface area contributed by atoms with Crippen molar-refractivity contribution >= 4 is 16.9 Å². The first-order valence-electron chi connectivity index (χ1n) is 9.69. The molecule has 1 aromatic carbocycles. The van der Waals surface area contributed by atoms with Crippen molar-refractivity contribution in [1.29, 1.82) is 0 Å². The summed E-state index contributed by atoms with van der Waals surface area (Å²) in [5.74, 6) is 2.28. The van der Waals surface area contributed by atoms with Crippen molar-refractivity contribution in [2.45, 2.75) is 18.5 Å². The average molecular weight is 386 g/mol. The summed E-state index contributed by atoms with van der Waals surface area (Å²) in [6.45, 7) is 0.387. The maximum Gasteiger partial charge on any atom is 0.161 e. The molecule has 0 saturated carbocycles. The van der Waals surface area contributed by atoms with Crippen LogP contribution in [0.15, 0.2) is 72.0 Å². The monoisotopic (exact) mass is 386 g/mol. The molecule has 2 aliphatic rings. The van der Waals surface area contributed by atoms with Crippen LogP contribution >= 0.6 is 0 Å². The summed E-state index contributed by atoms with van der Waals surface area (Å²) in [6.07, 6.45) is 12.9. The second-order valence-corrected chi connectivity index (χ2v) is 7.17. The van der Waals surface area contributed by atoms with Crippen LogP contribution in [0.1, 0.15) is 11.1 Å². The van der Waals surface area contributed by atoms with E-state index < -0.39 is 0 Å². The molecule has 1 aliphatic carbocycles. The molecule has 2 unspecified atom stereocenters. The fraction of sp³-hybridized carbons (Fsp3) is 0.217. The third-order valence-electron chi connectivity index (χ3n) is 5.27. The normalized spacial score (nSPS) is 19.7. The maximum absolute atomic E-state index is 6.00. The highest BCUT2D eigenvalue weighted by molar-refractivity contribution is 5.86. The molecule has 6 heteroatoms. The Labute approximate surface area is 169 Å². The van der Waals surface area contributed by atoms with Crippen LogP contribution in [-0.4, -0.2) is 41.6 Å². The largest absolute Gasteiger partial charge is 0.493 e. The highest BCUT2D eigenvalue weighted by Gasteiger charge is 2.25. The van der Waals surface area contributed by atoms with E-state index >= 15 is 0 Å². The number of pyridine rings is 1. The van der Waals surface area contributed by atoms with Crippen LogP contribution in [0.3, 0.4) is 0 Å². The molecule has 6 nitrogen and oxygen atoms in total. The van der Waals surface area contributed by atoms with Gasteiger partial charge in [-0.2, -0.15) is 0 Å². The molecular formula is C23H22N4O2. The Hall–Kier alpha value is -3.54. The van der Waals surface area contributed by atoms with Crippen LogP contribution < -0.4 is 14.8 Å². The summed E-state index contributed by atoms with van der Waals surface area (Å²) >= 11 is 0. The van der Waals surface area contributed by atoms with E-state index in [0.717, 1.165) is 34.6 Å². The van der Waals surface area contributed by atoms with Crippen molar-refractivity contribution < 1.29 is 9.47 Å². The number of ether oxygens (including phenoxy) is 2. The SMILES string of the molecule is COc1cc(Cc2c[nH]c3ncccc23)ccc1OCC1=NC2C=CC=CC2N1. The fourth-order valence-corrected chi connectivity index (χ4v) is 3.81. The summed E-state index contributed by atoms with van der Waals surface area (Å²) in [5, 5.41) is 4.54. The molecule has 0 fully saturated rings. The first kappa shape index (κ1) is 17.6. The molecule has 2 aromatic heterocycles. The van der Waals surface area contributed by atoms with E-state index in [1.165, 1.54) is 5.56 Å². The maximum atomic E-state index is 6.00. The predicted molar refractivity (Wildman–Crippen MR) is 114 cm³/mol. The van der Waals surface area contributed by atoms with Gasteiger partial charge in [-0.25, -0.2) is 4.98 Å². The van der Waals surface area contributed by atoms with Gasteiger partial charge in [0.25, 0.3) is 0 Å². The smallest absolute Gasteiger partial charge is 0.161 e. The number of fused-ring (bicyclic) bond motifs is 2. The molecular weight excluding hydrogens is 364 g/mol. The molecule has 2 atom stereocenters. The highest BCUT2D eigenvalue weighted by Crippen LogP contribution is 2.30. The molecule has 0 amide bonds. The van der Waals surface area contributed by atoms with Crippen LogP contribution in [0.2, 0.25) is 0 Å². The Bertz CT molecular complexity index is 1130. The quantitative estimate of drug-likeness (QED) is 0.681. The minimum absolute atomic E-state index is 0.161. The van der Waals surface area contributed by atoms with Crippen molar-refractivity contribution in [2.24, 2.45) is 4.99 Å². The van der Waals surface area contributed by atoms with E-state index in [1.54, 1.807) is 13.3 Å². The minimum Gasteiger partial charge on any atom is -0.493 e. The Balaban J connectivity index is 1.29. The lowest BCUT2D eigenvalue weighted by molar-refractivity contribution is 0.332. The Kier molecular flexibility index (Phi) is 4.52. The number of rotatable bonds is 6. The molecule has 0 radical (unpaired) electrons. The number of aromatic nitrogens is 2. The fourth-order valence-electron chi connectivity index (χ4n) is 3.81. The Morgan fingerprint density at radius 2 is 2.03 bits per heavy atom. The van der Waals surface area contributed by atoms with Gasteiger partial charge < -0.3 is 19.8 Å². The molecule has 146 valence electrons. The number of nitrogens with one attached hydrogen (secondary N) is 2. The molecule has 3 heterocycles. The van der Waals surface area contributed by atoms with E-state index in [-0.39, 0.29) is 12.1 Å². The van der Waals surface area contributed by atoms with Crippen LogP contribution in [0.25, 0.3) is 11.0 Å². The number of amidine groups is 1. The van der Waals surface area contributed by atoms with Gasteiger partial charge in [0.15, 0.2) is 11.5 Å². The summed E-state index contributed by atoms with van der Waals surface area (Å²) in [4.78, 5) is 12.2. The summed E-state index contributed by atoms with van der Waals surface area (Å²) in [6, 6.07) is 10.5. The molecule has 2 N–H and O–H groups in total. The first-order valence-corrected chi connectivity index (χ1v) is 9.69. The van der Waals surface area contributed by atoms with Crippen LogP contribution in [0, 0.1) is 0 Å². The van der Waals surface area contributed by atoms with Gasteiger partial charge in [0.2, 0.25) is 0 Å². The number of aromatic amines is 1. The average Bonchev–Trinajstić information content (AvgIpc) is 3.36. The molecule has 29 heavy (non-hydrogen) atoms. The molecule has 0 bridgehead atoms. The van der Waals surface area contributed by atoms with Gasteiger partial charge in [-0.15, -0.1) is 0 Å². The minimum atomic E-state index is 0.161. The van der Waals surface area contributed by atoms with Crippen LogP contribution in [0.4, 0.5) is 0 Å². The zero-order valence-electron chi connectivity index (χ0n) is 16.1. The zero-order chi connectivity index (χ0) is 19.6. The molecule has 3 aromatic rings. The van der Waals surface area contributed by atoms with Gasteiger partial charge in [0, 0.05) is 17.8 Å². The number of nitrogens with zero attached hydrogens (tertiary/aromatic N) is 2. The van der Waals surface area contributed by atoms with Crippen molar-refractivity contribution in [2.75, 3.05) is 13.7 Å². The highest BCUT2D eigenvalue weighted by atomic mass is 16.5. The van der Waals surface area contributed by atoms with Gasteiger partial charge in [-0.05, 0) is 41.8 Å². The molecule has 0 saturated heterocycles. The lowest BCUT2D eigenvalue weighted by Crippen LogP contribution is -2.35. The topological polar surface area (TPSA) is 71.5 Å². The van der Waals surface area contributed by atoms with Gasteiger partial charge >= 0.3 is 0 Å². The van der Waals surface area contributed by atoms with E-state index in [1.807, 2.05) is 36.5 Å². The van der Waals surface area contributed by atoms with Crippen molar-refractivity contribution in [3.05, 3.63) is 78.2 Å². The first-order chi connectivity index (χ1) is 14.3. The molecule has 5 rings (SSSR count). The van der Waals surface area contributed by atoms with Gasteiger partial charge in [-0.3, -0.25) is 4.99 Å². The summed E-state index contributed by atoms with van der Waals surface area (Å²) in [5.41, 5.74) is 3.26. The number of hydrogen-bond acceptors (Lipinski definition) is 5. The molecule has 0 spiro atoms. The van der Waals surface area contributed by atoms with E-state index in [4.69, 9.17) is 9.47 Å². The number of methoxy groups -OCH3 is 1. The Morgan fingerprint density at radius 1 is 1.10 bits per heavy atom. The van der Waals surface area contributed by atoms with E-state index in [9.17, 15) is 0 Å². The Morgan fingerprint density at radius 3 is 2.93 bits per heavy atom. The van der Waals surface area contributed by atoms with Gasteiger partial charge in [0.05, 0.1) is 19.2 Å². The van der Waals surface area contributed by atoms with Gasteiger partial charge in [-0.1, -0.05) is 30.4 Å². The standard InChI is InChI=1S/C23H22N4O2/c1-28-21-12-15(11-16-13-25-23-17(16)5-4-10-24-23)8-9-20(21)29-14-22-26-18-6-2-3-7-19(18)27-22/h2-10,12-13,18-19H,11,14H2,1H3,(H,24,25)(H,26,27). The number of H-pyrrole nitrogens is 1. The second kappa shape index (κ2) is 7.47. The van der Waals surface area contributed by atoms with Crippen molar-refractivity contribution in [3.8, 4) is 11.5 Å². The van der Waals surface area contributed by atoms with E-state index in [0.29, 0.717) is 12.4 Å². The number of allylic oxidation sites excluding steroid dienone is 2. The van der Waals surface area contributed by atoms with Crippen LogP contribution in [-0.2, 0) is 6.42 Å². The number of hydrogen-bond donors (Lipinski definition) is 2. The lowest BCUT2D eigenvalue weighted by atomic mass is 10.0. The third kappa shape index (κ3) is 3.49. The molecule has 1 aliphatic heterocycles. The van der Waals surface area contributed by atoms with Crippen molar-refractivity contribution in [3.63, 3.8) is 0 Å². The number of benzene rings is 1. The van der Waals surface area contributed by atoms with Crippen molar-refractivity contribution in [1.82, 2.24) is 15.3 Å². The summed E-state index contributed by atoms with van der Waals surface area (Å²) in [7, 11) is 1.66. The number of aliphatic imine (C=N–C) groups is 1. The zero-order valence-corrected chi connectivity index (χ0v) is 16.1. The second-order valence-electron chi connectivity index (χ2n) is 7.17. The van der Waals surface area contributed by atoms with Gasteiger partial charge in [0.1, 0.15) is 18.1 Å². The lowest BCUT2D eigenvalue weighted by Gasteiger charge is -2.14. The summed E-state index contributed by atoms with van der Waals surface area (Å²) < 4.78 is 11.6. The van der Waals surface area contributed by atoms with E-state index in [2.05, 4.69) is 44.6 Å².